The lowest BCUT2D eigenvalue weighted by atomic mass is 10.2. The van der Waals surface area contributed by atoms with E-state index in [1.165, 1.54) is 4.88 Å². The monoisotopic (exact) mass is 326 g/mol. The van der Waals surface area contributed by atoms with Gasteiger partial charge in [-0.25, -0.2) is 0 Å². The van der Waals surface area contributed by atoms with Crippen LogP contribution in [0, 0.1) is 0 Å². The van der Waals surface area contributed by atoms with Crippen molar-refractivity contribution in [2.75, 3.05) is 45.9 Å². The number of ether oxygens (including phenoxy) is 1. The molecule has 1 atom stereocenters. The number of aliphatic hydroxyl groups excluding tert-OH is 1. The molecule has 0 saturated carbocycles. The molecule has 0 unspecified atom stereocenters. The SMILES string of the molecule is CCOC[C@@H](O)CN1CCN(C(=O)c2ccc(CC)s2)CC1. The summed E-state index contributed by atoms with van der Waals surface area (Å²) in [5.74, 6) is 0.138. The molecule has 1 aromatic rings. The van der Waals surface area contributed by atoms with Gasteiger partial charge in [-0.3, -0.25) is 9.69 Å². The summed E-state index contributed by atoms with van der Waals surface area (Å²) >= 11 is 1.59. The second-order valence-electron chi connectivity index (χ2n) is 5.53. The highest BCUT2D eigenvalue weighted by Gasteiger charge is 2.24. The van der Waals surface area contributed by atoms with Gasteiger partial charge in [0.15, 0.2) is 0 Å². The number of β-amino-alcohol motifs (C(OH)–C–C–N with tert-alkyl or cyclic N) is 1. The smallest absolute Gasteiger partial charge is 0.264 e. The summed E-state index contributed by atoms with van der Waals surface area (Å²) in [7, 11) is 0. The molecule has 0 aliphatic carbocycles. The first-order chi connectivity index (χ1) is 10.6. The lowest BCUT2D eigenvalue weighted by Gasteiger charge is -2.35. The van der Waals surface area contributed by atoms with Crippen LogP contribution in [-0.2, 0) is 11.2 Å². The molecule has 1 aliphatic rings. The third kappa shape index (κ3) is 4.78. The van der Waals surface area contributed by atoms with Crippen molar-refractivity contribution >= 4 is 17.2 Å². The summed E-state index contributed by atoms with van der Waals surface area (Å²) in [4.78, 5) is 18.6. The van der Waals surface area contributed by atoms with E-state index in [4.69, 9.17) is 4.74 Å². The second-order valence-corrected chi connectivity index (χ2v) is 6.69. The molecule has 124 valence electrons. The van der Waals surface area contributed by atoms with Crippen LogP contribution in [0.4, 0.5) is 0 Å². The number of piperazine rings is 1. The van der Waals surface area contributed by atoms with E-state index in [0.717, 1.165) is 37.5 Å². The average molecular weight is 326 g/mol. The molecule has 22 heavy (non-hydrogen) atoms. The van der Waals surface area contributed by atoms with E-state index in [2.05, 4.69) is 11.8 Å². The summed E-state index contributed by atoms with van der Waals surface area (Å²) < 4.78 is 5.23. The number of aliphatic hydroxyl groups is 1. The maximum absolute atomic E-state index is 12.4. The minimum absolute atomic E-state index is 0.138. The number of rotatable bonds is 7. The van der Waals surface area contributed by atoms with E-state index in [1.54, 1.807) is 11.3 Å². The van der Waals surface area contributed by atoms with E-state index in [-0.39, 0.29) is 5.91 Å². The zero-order valence-corrected chi connectivity index (χ0v) is 14.3. The Morgan fingerprint density at radius 1 is 1.32 bits per heavy atom. The number of amides is 1. The van der Waals surface area contributed by atoms with Crippen LogP contribution < -0.4 is 0 Å². The van der Waals surface area contributed by atoms with Gasteiger partial charge in [0.25, 0.3) is 5.91 Å². The molecule has 2 heterocycles. The molecule has 1 saturated heterocycles. The highest BCUT2D eigenvalue weighted by atomic mass is 32.1. The molecule has 1 amide bonds. The van der Waals surface area contributed by atoms with Crippen molar-refractivity contribution < 1.29 is 14.6 Å². The number of hydrogen-bond acceptors (Lipinski definition) is 5. The van der Waals surface area contributed by atoms with Crippen LogP contribution in [0.15, 0.2) is 12.1 Å². The number of carbonyl (C=O) groups excluding carboxylic acids is 1. The topological polar surface area (TPSA) is 53.0 Å². The van der Waals surface area contributed by atoms with E-state index in [1.807, 2.05) is 24.0 Å². The third-order valence-corrected chi connectivity index (χ3v) is 5.08. The molecule has 1 N–H and O–H groups in total. The molecule has 1 fully saturated rings. The van der Waals surface area contributed by atoms with Crippen LogP contribution in [0.25, 0.3) is 0 Å². The van der Waals surface area contributed by atoms with Crippen molar-refractivity contribution in [2.24, 2.45) is 0 Å². The summed E-state index contributed by atoms with van der Waals surface area (Å²) in [5, 5.41) is 9.87. The Balaban J connectivity index is 1.77. The van der Waals surface area contributed by atoms with Crippen molar-refractivity contribution in [1.29, 1.82) is 0 Å². The zero-order chi connectivity index (χ0) is 15.9. The van der Waals surface area contributed by atoms with E-state index in [9.17, 15) is 9.90 Å². The lowest BCUT2D eigenvalue weighted by Crippen LogP contribution is -2.50. The molecule has 1 aromatic heterocycles. The summed E-state index contributed by atoms with van der Waals surface area (Å²) in [6.45, 7) is 8.70. The zero-order valence-electron chi connectivity index (χ0n) is 13.5. The van der Waals surface area contributed by atoms with Crippen LogP contribution in [0.5, 0.6) is 0 Å². The molecule has 0 radical (unpaired) electrons. The van der Waals surface area contributed by atoms with Gasteiger partial charge in [0, 0.05) is 44.2 Å². The van der Waals surface area contributed by atoms with Gasteiger partial charge in [0.2, 0.25) is 0 Å². The minimum atomic E-state index is -0.452. The standard InChI is InChI=1S/C16H26N2O3S/c1-3-14-5-6-15(22-14)16(20)18-9-7-17(8-10-18)11-13(19)12-21-4-2/h5-6,13,19H,3-4,7-12H2,1-2H3/t13-/m0/s1. The van der Waals surface area contributed by atoms with E-state index < -0.39 is 6.10 Å². The first-order valence-electron chi connectivity index (χ1n) is 8.00. The first-order valence-corrected chi connectivity index (χ1v) is 8.81. The van der Waals surface area contributed by atoms with Crippen molar-refractivity contribution in [3.8, 4) is 0 Å². The van der Waals surface area contributed by atoms with Crippen LogP contribution in [-0.4, -0.2) is 72.9 Å². The molecule has 6 heteroatoms. The van der Waals surface area contributed by atoms with Gasteiger partial charge in [-0.2, -0.15) is 0 Å². The number of nitrogens with zero attached hydrogens (tertiary/aromatic N) is 2. The quantitative estimate of drug-likeness (QED) is 0.824. The summed E-state index contributed by atoms with van der Waals surface area (Å²) in [5.41, 5.74) is 0. The first kappa shape index (κ1) is 17.4. The van der Waals surface area contributed by atoms with Crippen LogP contribution in [0.1, 0.15) is 28.4 Å². The lowest BCUT2D eigenvalue weighted by molar-refractivity contribution is 0.0112. The molecule has 2 rings (SSSR count). The largest absolute Gasteiger partial charge is 0.389 e. The van der Waals surface area contributed by atoms with Crippen LogP contribution in [0.2, 0.25) is 0 Å². The van der Waals surface area contributed by atoms with Crippen LogP contribution in [0.3, 0.4) is 0 Å². The van der Waals surface area contributed by atoms with Gasteiger partial charge in [0.05, 0.1) is 17.6 Å². The fourth-order valence-electron chi connectivity index (χ4n) is 2.58. The van der Waals surface area contributed by atoms with E-state index >= 15 is 0 Å². The van der Waals surface area contributed by atoms with Crippen LogP contribution >= 0.6 is 11.3 Å². The fourth-order valence-corrected chi connectivity index (χ4v) is 3.49. The number of hydrogen-bond donors (Lipinski definition) is 1. The van der Waals surface area contributed by atoms with Crippen molar-refractivity contribution in [3.05, 3.63) is 21.9 Å². The van der Waals surface area contributed by atoms with Gasteiger partial charge >= 0.3 is 0 Å². The highest BCUT2D eigenvalue weighted by Crippen LogP contribution is 2.19. The maximum Gasteiger partial charge on any atom is 0.264 e. The second kappa shape index (κ2) is 8.62. The number of carbonyl (C=O) groups is 1. The Morgan fingerprint density at radius 3 is 2.64 bits per heavy atom. The Hall–Kier alpha value is -0.950. The summed E-state index contributed by atoms with van der Waals surface area (Å²) in [6, 6.07) is 3.97. The Kier molecular flexibility index (Phi) is 6.82. The molecule has 5 nitrogen and oxygen atoms in total. The van der Waals surface area contributed by atoms with Gasteiger partial charge in [0.1, 0.15) is 0 Å². The number of aryl methyl sites for hydroxylation is 1. The molecular formula is C16H26N2O3S. The Bertz CT molecular complexity index is 470. The van der Waals surface area contributed by atoms with Crippen molar-refractivity contribution in [1.82, 2.24) is 9.80 Å². The molecule has 0 aromatic carbocycles. The molecule has 1 aliphatic heterocycles. The third-order valence-electron chi connectivity index (χ3n) is 3.86. The molecular weight excluding hydrogens is 300 g/mol. The molecule has 0 bridgehead atoms. The maximum atomic E-state index is 12.4. The predicted octanol–water partition coefficient (Wildman–Crippen LogP) is 1.47. The normalized spacial score (nSPS) is 17.7. The average Bonchev–Trinajstić information content (AvgIpc) is 3.02. The van der Waals surface area contributed by atoms with Crippen molar-refractivity contribution in [2.45, 2.75) is 26.4 Å². The van der Waals surface area contributed by atoms with Gasteiger partial charge in [-0.05, 0) is 25.5 Å². The summed E-state index contributed by atoms with van der Waals surface area (Å²) in [6.07, 6.45) is 0.523. The molecule has 0 spiro atoms. The highest BCUT2D eigenvalue weighted by molar-refractivity contribution is 7.14. The van der Waals surface area contributed by atoms with Gasteiger partial charge in [-0.15, -0.1) is 11.3 Å². The fraction of sp³-hybridized carbons (Fsp3) is 0.688. The number of thiophene rings is 1. The van der Waals surface area contributed by atoms with Gasteiger partial charge in [-0.1, -0.05) is 6.92 Å². The van der Waals surface area contributed by atoms with E-state index in [0.29, 0.717) is 19.8 Å². The predicted molar refractivity (Wildman–Crippen MR) is 88.5 cm³/mol. The minimum Gasteiger partial charge on any atom is -0.389 e. The van der Waals surface area contributed by atoms with Gasteiger partial charge < -0.3 is 14.7 Å². The Morgan fingerprint density at radius 2 is 2.05 bits per heavy atom. The van der Waals surface area contributed by atoms with Crippen molar-refractivity contribution in [3.63, 3.8) is 0 Å². The Labute approximate surface area is 136 Å².